The van der Waals surface area contributed by atoms with E-state index in [1.807, 2.05) is 24.3 Å². The van der Waals surface area contributed by atoms with Gasteiger partial charge in [-0.2, -0.15) is 0 Å². The molecule has 1 aromatic heterocycles. The lowest BCUT2D eigenvalue weighted by Gasteiger charge is -2.05. The molecule has 2 aromatic rings. The van der Waals surface area contributed by atoms with Crippen molar-refractivity contribution in [3.63, 3.8) is 0 Å². The fourth-order valence-corrected chi connectivity index (χ4v) is 3.01. The van der Waals surface area contributed by atoms with Gasteiger partial charge in [0.25, 0.3) is 0 Å². The highest BCUT2D eigenvalue weighted by Gasteiger charge is 2.13. The number of hydrogen-bond donors (Lipinski definition) is 0. The molecule has 2 rings (SSSR count). The Kier molecular flexibility index (Phi) is 3.97. The maximum Gasteiger partial charge on any atom is 0.338 e. The van der Waals surface area contributed by atoms with Gasteiger partial charge in [-0.1, -0.05) is 34.1 Å². The van der Waals surface area contributed by atoms with Crippen LogP contribution >= 0.6 is 27.3 Å². The standard InChI is InChI=1S/C13H11BrO2S/c1-16-13(15)11-5-3-2-4-10(11)12-7-6-9(8-14)17-12/h2-7H,8H2,1H3. The molecule has 0 fully saturated rings. The first-order valence-electron chi connectivity index (χ1n) is 5.08. The molecule has 0 aliphatic rings. The Morgan fingerprint density at radius 2 is 2.06 bits per heavy atom. The molecular formula is C13H11BrO2S. The first kappa shape index (κ1) is 12.3. The average Bonchev–Trinajstić information content (AvgIpc) is 2.86. The molecule has 0 bridgehead atoms. The van der Waals surface area contributed by atoms with Gasteiger partial charge >= 0.3 is 5.97 Å². The number of esters is 1. The van der Waals surface area contributed by atoms with Crippen molar-refractivity contribution in [2.45, 2.75) is 5.33 Å². The van der Waals surface area contributed by atoms with Gasteiger partial charge in [0.15, 0.2) is 0 Å². The van der Waals surface area contributed by atoms with Crippen molar-refractivity contribution in [1.82, 2.24) is 0 Å². The number of hydrogen-bond acceptors (Lipinski definition) is 3. The number of ether oxygens (including phenoxy) is 1. The Morgan fingerprint density at radius 1 is 1.29 bits per heavy atom. The molecule has 0 N–H and O–H groups in total. The molecule has 1 aromatic carbocycles. The predicted molar refractivity (Wildman–Crippen MR) is 73.7 cm³/mol. The van der Waals surface area contributed by atoms with Crippen LogP contribution in [0.25, 0.3) is 10.4 Å². The number of halogens is 1. The third-order valence-corrected chi connectivity index (χ3v) is 4.48. The molecule has 0 saturated carbocycles. The Bertz CT molecular complexity index is 534. The number of rotatable bonds is 3. The van der Waals surface area contributed by atoms with Gasteiger partial charge in [-0.3, -0.25) is 0 Å². The fourth-order valence-electron chi connectivity index (χ4n) is 1.58. The minimum Gasteiger partial charge on any atom is -0.465 e. The van der Waals surface area contributed by atoms with Crippen LogP contribution in [0.2, 0.25) is 0 Å². The van der Waals surface area contributed by atoms with E-state index in [2.05, 4.69) is 22.0 Å². The Balaban J connectivity index is 2.47. The summed E-state index contributed by atoms with van der Waals surface area (Å²) in [6.07, 6.45) is 0. The molecule has 0 aliphatic carbocycles. The van der Waals surface area contributed by atoms with Crippen molar-refractivity contribution in [3.05, 3.63) is 46.8 Å². The molecule has 0 unspecified atom stereocenters. The van der Waals surface area contributed by atoms with Crippen molar-refractivity contribution in [2.75, 3.05) is 7.11 Å². The second-order valence-electron chi connectivity index (χ2n) is 3.44. The van der Waals surface area contributed by atoms with Crippen LogP contribution in [-0.4, -0.2) is 13.1 Å². The quantitative estimate of drug-likeness (QED) is 0.630. The molecule has 4 heteroatoms. The van der Waals surface area contributed by atoms with Gasteiger partial charge in [-0.25, -0.2) is 4.79 Å². The van der Waals surface area contributed by atoms with Crippen molar-refractivity contribution in [3.8, 4) is 10.4 Å². The third kappa shape index (κ3) is 2.58. The van der Waals surface area contributed by atoms with Crippen LogP contribution in [0.5, 0.6) is 0 Å². The van der Waals surface area contributed by atoms with E-state index < -0.39 is 0 Å². The van der Waals surface area contributed by atoms with Crippen LogP contribution in [-0.2, 0) is 10.1 Å². The second kappa shape index (κ2) is 5.47. The van der Waals surface area contributed by atoms with Gasteiger partial charge in [0.05, 0.1) is 12.7 Å². The summed E-state index contributed by atoms with van der Waals surface area (Å²) in [5.41, 5.74) is 1.54. The molecule has 1 heterocycles. The zero-order valence-corrected chi connectivity index (χ0v) is 11.7. The topological polar surface area (TPSA) is 26.3 Å². The number of carbonyl (C=O) groups is 1. The van der Waals surface area contributed by atoms with Crippen molar-refractivity contribution >= 4 is 33.2 Å². The molecule has 2 nitrogen and oxygen atoms in total. The Morgan fingerprint density at radius 3 is 2.71 bits per heavy atom. The molecule has 0 spiro atoms. The van der Waals surface area contributed by atoms with Crippen LogP contribution in [0.3, 0.4) is 0 Å². The summed E-state index contributed by atoms with van der Waals surface area (Å²) in [4.78, 5) is 14.0. The second-order valence-corrected chi connectivity index (χ2v) is 5.17. The lowest BCUT2D eigenvalue weighted by atomic mass is 10.1. The van der Waals surface area contributed by atoms with Crippen molar-refractivity contribution < 1.29 is 9.53 Å². The first-order chi connectivity index (χ1) is 8.26. The Hall–Kier alpha value is -1.13. The SMILES string of the molecule is COC(=O)c1ccccc1-c1ccc(CBr)s1. The smallest absolute Gasteiger partial charge is 0.338 e. The maximum atomic E-state index is 11.7. The molecule has 0 saturated heterocycles. The highest BCUT2D eigenvalue weighted by molar-refractivity contribution is 9.08. The highest BCUT2D eigenvalue weighted by Crippen LogP contribution is 2.31. The lowest BCUT2D eigenvalue weighted by molar-refractivity contribution is 0.0601. The van der Waals surface area contributed by atoms with E-state index in [0.717, 1.165) is 15.8 Å². The zero-order valence-electron chi connectivity index (χ0n) is 9.27. The number of alkyl halides is 1. The molecule has 0 aliphatic heterocycles. The monoisotopic (exact) mass is 310 g/mol. The van der Waals surface area contributed by atoms with E-state index in [0.29, 0.717) is 5.56 Å². The minimum atomic E-state index is -0.297. The molecule has 0 amide bonds. The Labute approximate surface area is 112 Å². The fraction of sp³-hybridized carbons (Fsp3) is 0.154. The van der Waals surface area contributed by atoms with E-state index in [1.54, 1.807) is 17.4 Å². The van der Waals surface area contributed by atoms with Crippen LogP contribution in [0.4, 0.5) is 0 Å². The summed E-state index contributed by atoms with van der Waals surface area (Å²) in [6.45, 7) is 0. The van der Waals surface area contributed by atoms with Crippen molar-refractivity contribution in [2.24, 2.45) is 0 Å². The van der Waals surface area contributed by atoms with Crippen LogP contribution in [0, 0.1) is 0 Å². The van der Waals surface area contributed by atoms with E-state index in [1.165, 1.54) is 12.0 Å². The minimum absolute atomic E-state index is 0.297. The first-order valence-corrected chi connectivity index (χ1v) is 7.02. The molecule has 17 heavy (non-hydrogen) atoms. The average molecular weight is 311 g/mol. The predicted octanol–water partition coefficient (Wildman–Crippen LogP) is 4.10. The normalized spacial score (nSPS) is 10.2. The van der Waals surface area contributed by atoms with Gasteiger partial charge in [0.1, 0.15) is 0 Å². The lowest BCUT2D eigenvalue weighted by Crippen LogP contribution is -2.02. The van der Waals surface area contributed by atoms with E-state index in [-0.39, 0.29) is 5.97 Å². The summed E-state index contributed by atoms with van der Waals surface area (Å²) < 4.78 is 4.79. The third-order valence-electron chi connectivity index (χ3n) is 2.39. The number of benzene rings is 1. The largest absolute Gasteiger partial charge is 0.465 e. The van der Waals surface area contributed by atoms with Gasteiger partial charge in [-0.15, -0.1) is 11.3 Å². The summed E-state index contributed by atoms with van der Waals surface area (Å²) in [7, 11) is 1.40. The van der Waals surface area contributed by atoms with E-state index in [9.17, 15) is 4.79 Å². The molecule has 0 atom stereocenters. The summed E-state index contributed by atoms with van der Waals surface area (Å²) in [5.74, 6) is -0.297. The molecule has 88 valence electrons. The van der Waals surface area contributed by atoms with Gasteiger partial charge in [0.2, 0.25) is 0 Å². The zero-order chi connectivity index (χ0) is 12.3. The summed E-state index contributed by atoms with van der Waals surface area (Å²) in [6, 6.07) is 11.6. The van der Waals surface area contributed by atoms with Crippen molar-refractivity contribution in [1.29, 1.82) is 0 Å². The maximum absolute atomic E-state index is 11.7. The molecule has 0 radical (unpaired) electrons. The van der Waals surface area contributed by atoms with E-state index in [4.69, 9.17) is 4.74 Å². The number of thiophene rings is 1. The van der Waals surface area contributed by atoms with Crippen LogP contribution in [0.15, 0.2) is 36.4 Å². The van der Waals surface area contributed by atoms with Gasteiger partial charge in [-0.05, 0) is 18.2 Å². The summed E-state index contributed by atoms with van der Waals surface area (Å²) in [5, 5.41) is 0.831. The van der Waals surface area contributed by atoms with E-state index >= 15 is 0 Å². The van der Waals surface area contributed by atoms with Crippen LogP contribution in [0.1, 0.15) is 15.2 Å². The van der Waals surface area contributed by atoms with Gasteiger partial charge < -0.3 is 4.74 Å². The number of methoxy groups -OCH3 is 1. The highest BCUT2D eigenvalue weighted by atomic mass is 79.9. The van der Waals surface area contributed by atoms with Gasteiger partial charge in [0, 0.05) is 20.6 Å². The molecular weight excluding hydrogens is 300 g/mol. The van der Waals surface area contributed by atoms with Crippen LogP contribution < -0.4 is 0 Å². The number of carbonyl (C=O) groups excluding carboxylic acids is 1. The summed E-state index contributed by atoms with van der Waals surface area (Å²) >= 11 is 5.10.